The van der Waals surface area contributed by atoms with Crippen LogP contribution in [0.2, 0.25) is 0 Å². The molecule has 0 unspecified atom stereocenters. The second kappa shape index (κ2) is 10.5. The molecule has 0 aliphatic heterocycles. The van der Waals surface area contributed by atoms with Gasteiger partial charge in [-0.2, -0.15) is 5.26 Å². The van der Waals surface area contributed by atoms with Gasteiger partial charge in [0.1, 0.15) is 18.4 Å². The Labute approximate surface area is 149 Å². The third kappa shape index (κ3) is 6.59. The maximum Gasteiger partial charge on any atom is 0.350 e. The summed E-state index contributed by atoms with van der Waals surface area (Å²) in [6.07, 6.45) is 1.69. The predicted octanol–water partition coefficient (Wildman–Crippen LogP) is 2.90. The number of carbonyl (C=O) groups is 1. The number of hydrogen-bond donors (Lipinski definition) is 1. The monoisotopic (exact) mass is 349 g/mol. The first-order valence-electron chi connectivity index (χ1n) is 8.48. The summed E-state index contributed by atoms with van der Waals surface area (Å²) in [6, 6.07) is 1.93. The SMILES string of the molecule is CCOCCOC(=O)/C(C#N)=C(\NCc1ncc(C(C)C)o1)C(C)C. The van der Waals surface area contributed by atoms with Crippen LogP contribution in [0.5, 0.6) is 0 Å². The third-order valence-corrected chi connectivity index (χ3v) is 3.40. The average molecular weight is 349 g/mol. The van der Waals surface area contributed by atoms with Crippen LogP contribution >= 0.6 is 0 Å². The highest BCUT2D eigenvalue weighted by atomic mass is 16.6. The van der Waals surface area contributed by atoms with Crippen molar-refractivity contribution in [3.63, 3.8) is 0 Å². The molecule has 138 valence electrons. The van der Waals surface area contributed by atoms with Gasteiger partial charge in [0.25, 0.3) is 0 Å². The minimum absolute atomic E-state index is 0.0397. The van der Waals surface area contributed by atoms with Crippen LogP contribution in [-0.2, 0) is 20.8 Å². The minimum atomic E-state index is -0.659. The zero-order valence-electron chi connectivity index (χ0n) is 15.6. The topological polar surface area (TPSA) is 97.4 Å². The standard InChI is InChI=1S/C18H27N3O4/c1-6-23-7-8-24-18(22)14(9-19)17(13(4)5)21-11-16-20-10-15(25-16)12(2)3/h10,12-13,21H,6-8,11H2,1-5H3/b17-14-. The van der Waals surface area contributed by atoms with E-state index in [1.54, 1.807) is 6.20 Å². The lowest BCUT2D eigenvalue weighted by atomic mass is 10.0. The molecule has 0 fully saturated rings. The van der Waals surface area contributed by atoms with Gasteiger partial charge in [0.05, 0.1) is 19.3 Å². The summed E-state index contributed by atoms with van der Waals surface area (Å²) >= 11 is 0. The van der Waals surface area contributed by atoms with Gasteiger partial charge < -0.3 is 19.2 Å². The zero-order chi connectivity index (χ0) is 18.8. The highest BCUT2D eigenvalue weighted by Crippen LogP contribution is 2.17. The number of allylic oxidation sites excluding steroid dienone is 1. The van der Waals surface area contributed by atoms with Gasteiger partial charge in [-0.1, -0.05) is 27.7 Å². The summed E-state index contributed by atoms with van der Waals surface area (Å²) in [5.74, 6) is 0.824. The van der Waals surface area contributed by atoms with Crippen molar-refractivity contribution >= 4 is 5.97 Å². The summed E-state index contributed by atoms with van der Waals surface area (Å²) in [6.45, 7) is 10.9. The number of ether oxygens (including phenoxy) is 2. The molecule has 0 aliphatic rings. The van der Waals surface area contributed by atoms with Gasteiger partial charge in [-0.05, 0) is 12.8 Å². The number of nitrogens with one attached hydrogen (secondary N) is 1. The number of esters is 1. The maximum absolute atomic E-state index is 12.2. The van der Waals surface area contributed by atoms with Crippen LogP contribution in [0.4, 0.5) is 0 Å². The molecular formula is C18H27N3O4. The normalized spacial score (nSPS) is 12.1. The average Bonchev–Trinajstić information content (AvgIpc) is 3.04. The van der Waals surface area contributed by atoms with Crippen molar-refractivity contribution in [1.82, 2.24) is 10.3 Å². The zero-order valence-corrected chi connectivity index (χ0v) is 15.6. The molecule has 1 rings (SSSR count). The second-order valence-electron chi connectivity index (χ2n) is 6.05. The number of hydrogen-bond acceptors (Lipinski definition) is 7. The van der Waals surface area contributed by atoms with E-state index < -0.39 is 5.97 Å². The van der Waals surface area contributed by atoms with E-state index in [1.807, 2.05) is 40.7 Å². The molecule has 0 amide bonds. The van der Waals surface area contributed by atoms with Crippen LogP contribution in [0.3, 0.4) is 0 Å². The Hall–Kier alpha value is -2.33. The molecule has 0 spiro atoms. The summed E-state index contributed by atoms with van der Waals surface area (Å²) in [5.41, 5.74) is 0.468. The number of nitriles is 1. The van der Waals surface area contributed by atoms with Crippen molar-refractivity contribution in [3.8, 4) is 6.07 Å². The van der Waals surface area contributed by atoms with Crippen LogP contribution < -0.4 is 5.32 Å². The fourth-order valence-corrected chi connectivity index (χ4v) is 2.05. The van der Waals surface area contributed by atoms with Crippen LogP contribution in [-0.4, -0.2) is 30.8 Å². The second-order valence-corrected chi connectivity index (χ2v) is 6.05. The molecule has 0 saturated carbocycles. The smallest absolute Gasteiger partial charge is 0.350 e. The lowest BCUT2D eigenvalue weighted by Crippen LogP contribution is -2.23. The molecule has 25 heavy (non-hydrogen) atoms. The van der Waals surface area contributed by atoms with Gasteiger partial charge >= 0.3 is 5.97 Å². The third-order valence-electron chi connectivity index (χ3n) is 3.40. The highest BCUT2D eigenvalue weighted by Gasteiger charge is 2.20. The first-order chi connectivity index (χ1) is 11.9. The van der Waals surface area contributed by atoms with Crippen LogP contribution in [0.1, 0.15) is 52.2 Å². The van der Waals surface area contributed by atoms with E-state index in [0.717, 1.165) is 5.76 Å². The van der Waals surface area contributed by atoms with Gasteiger partial charge in [0, 0.05) is 18.2 Å². The van der Waals surface area contributed by atoms with E-state index >= 15 is 0 Å². The minimum Gasteiger partial charge on any atom is -0.459 e. The Morgan fingerprint density at radius 1 is 1.36 bits per heavy atom. The van der Waals surface area contributed by atoms with Crippen molar-refractivity contribution in [3.05, 3.63) is 29.1 Å². The molecule has 0 atom stereocenters. The molecule has 1 aromatic heterocycles. The van der Waals surface area contributed by atoms with Gasteiger partial charge in [-0.15, -0.1) is 0 Å². The van der Waals surface area contributed by atoms with Crippen LogP contribution in [0, 0.1) is 17.2 Å². The fraction of sp³-hybridized carbons (Fsp3) is 0.611. The molecule has 0 aliphatic carbocycles. The van der Waals surface area contributed by atoms with Crippen molar-refractivity contribution in [1.29, 1.82) is 5.26 Å². The lowest BCUT2D eigenvalue weighted by Gasteiger charge is -2.15. The Morgan fingerprint density at radius 2 is 2.08 bits per heavy atom. The largest absolute Gasteiger partial charge is 0.459 e. The van der Waals surface area contributed by atoms with E-state index in [1.165, 1.54) is 0 Å². The molecule has 7 heteroatoms. The number of aromatic nitrogens is 1. The first kappa shape index (κ1) is 20.7. The Kier molecular flexibility index (Phi) is 8.71. The molecule has 0 aromatic carbocycles. The number of rotatable bonds is 10. The van der Waals surface area contributed by atoms with Gasteiger partial charge in [0.15, 0.2) is 5.57 Å². The summed E-state index contributed by atoms with van der Waals surface area (Å²) in [5, 5.41) is 12.5. The Morgan fingerprint density at radius 3 is 2.60 bits per heavy atom. The molecule has 7 nitrogen and oxygen atoms in total. The van der Waals surface area contributed by atoms with E-state index in [0.29, 0.717) is 24.8 Å². The molecule has 0 saturated heterocycles. The number of oxazole rings is 1. The highest BCUT2D eigenvalue weighted by molar-refractivity contribution is 5.93. The quantitative estimate of drug-likeness (QED) is 0.300. The van der Waals surface area contributed by atoms with Crippen molar-refractivity contribution < 1.29 is 18.7 Å². The number of carbonyl (C=O) groups excluding carboxylic acids is 1. The summed E-state index contributed by atoms with van der Waals surface area (Å²) < 4.78 is 15.8. The maximum atomic E-state index is 12.2. The van der Waals surface area contributed by atoms with E-state index in [9.17, 15) is 10.1 Å². The van der Waals surface area contributed by atoms with E-state index in [4.69, 9.17) is 13.9 Å². The van der Waals surface area contributed by atoms with Crippen molar-refractivity contribution in [2.24, 2.45) is 5.92 Å². The first-order valence-corrected chi connectivity index (χ1v) is 8.48. The molecule has 0 radical (unpaired) electrons. The van der Waals surface area contributed by atoms with Crippen LogP contribution in [0.15, 0.2) is 21.9 Å². The van der Waals surface area contributed by atoms with E-state index in [-0.39, 0.29) is 30.6 Å². The van der Waals surface area contributed by atoms with Crippen molar-refractivity contribution in [2.45, 2.75) is 47.1 Å². The van der Waals surface area contributed by atoms with Crippen molar-refractivity contribution in [2.75, 3.05) is 19.8 Å². The Bertz CT molecular complexity index is 627. The Balaban J connectivity index is 2.80. The van der Waals surface area contributed by atoms with Crippen LogP contribution in [0.25, 0.3) is 0 Å². The fourth-order valence-electron chi connectivity index (χ4n) is 2.05. The summed E-state index contributed by atoms with van der Waals surface area (Å²) in [7, 11) is 0. The van der Waals surface area contributed by atoms with Gasteiger partial charge in [-0.3, -0.25) is 0 Å². The molecule has 1 heterocycles. The van der Waals surface area contributed by atoms with Gasteiger partial charge in [-0.25, -0.2) is 9.78 Å². The lowest BCUT2D eigenvalue weighted by molar-refractivity contribution is -0.140. The van der Waals surface area contributed by atoms with E-state index in [2.05, 4.69) is 10.3 Å². The molecular weight excluding hydrogens is 322 g/mol. The molecule has 1 aromatic rings. The molecule has 1 N–H and O–H groups in total. The summed E-state index contributed by atoms with van der Waals surface area (Å²) in [4.78, 5) is 16.4. The number of nitrogens with zero attached hydrogens (tertiary/aromatic N) is 2. The molecule has 0 bridgehead atoms. The van der Waals surface area contributed by atoms with Gasteiger partial charge in [0.2, 0.25) is 5.89 Å². The predicted molar refractivity (Wildman–Crippen MR) is 92.4 cm³/mol.